The molecule has 0 bridgehead atoms. The van der Waals surface area contributed by atoms with Gasteiger partial charge in [-0.3, -0.25) is 14.4 Å². The summed E-state index contributed by atoms with van der Waals surface area (Å²) in [5.41, 5.74) is 0. The van der Waals surface area contributed by atoms with Gasteiger partial charge in [0.1, 0.15) is 13.2 Å². The molecule has 0 saturated heterocycles. The monoisotopic (exact) mass is 1160 g/mol. The van der Waals surface area contributed by atoms with Crippen LogP contribution in [0.4, 0.5) is 0 Å². The van der Waals surface area contributed by atoms with Gasteiger partial charge in [0.2, 0.25) is 0 Å². The van der Waals surface area contributed by atoms with E-state index in [9.17, 15) is 14.4 Å². The number of hydrogen-bond donors (Lipinski definition) is 0. The van der Waals surface area contributed by atoms with Crippen LogP contribution in [0.2, 0.25) is 0 Å². The van der Waals surface area contributed by atoms with Crippen molar-refractivity contribution in [3.05, 3.63) is 60.8 Å². The van der Waals surface area contributed by atoms with Gasteiger partial charge in [0.25, 0.3) is 0 Å². The van der Waals surface area contributed by atoms with Crippen molar-refractivity contribution in [3.63, 3.8) is 0 Å². The minimum atomic E-state index is -0.772. The van der Waals surface area contributed by atoms with Crippen molar-refractivity contribution in [2.24, 2.45) is 0 Å². The third-order valence-corrected chi connectivity index (χ3v) is 16.5. The lowest BCUT2D eigenvalue weighted by molar-refractivity contribution is -0.167. The molecule has 6 nitrogen and oxygen atoms in total. The van der Waals surface area contributed by atoms with Crippen LogP contribution in [0.5, 0.6) is 0 Å². The average molecular weight is 1160 g/mol. The quantitative estimate of drug-likeness (QED) is 0.0261. The Balaban J connectivity index is 3.91. The molecule has 0 aromatic carbocycles. The largest absolute Gasteiger partial charge is 0.462 e. The molecule has 0 amide bonds. The first-order valence-corrected chi connectivity index (χ1v) is 36.8. The van der Waals surface area contributed by atoms with E-state index in [2.05, 4.69) is 81.5 Å². The lowest BCUT2D eigenvalue weighted by Crippen LogP contribution is -2.30. The lowest BCUT2D eigenvalue weighted by Gasteiger charge is -2.18. The lowest BCUT2D eigenvalue weighted by atomic mass is 10.0. The summed E-state index contributed by atoms with van der Waals surface area (Å²) in [7, 11) is 0. The predicted octanol–water partition coefficient (Wildman–Crippen LogP) is 25.5. The Morgan fingerprint density at radius 2 is 0.470 bits per heavy atom. The van der Waals surface area contributed by atoms with E-state index in [-0.39, 0.29) is 31.1 Å². The van der Waals surface area contributed by atoms with Crippen molar-refractivity contribution in [1.29, 1.82) is 0 Å². The van der Waals surface area contributed by atoms with E-state index in [1.54, 1.807) is 0 Å². The van der Waals surface area contributed by atoms with Gasteiger partial charge in [0.15, 0.2) is 6.10 Å². The molecule has 0 spiro atoms. The van der Waals surface area contributed by atoms with Crippen molar-refractivity contribution in [3.8, 4) is 0 Å². The van der Waals surface area contributed by atoms with E-state index in [1.807, 2.05) is 0 Å². The van der Waals surface area contributed by atoms with Crippen LogP contribution in [0.15, 0.2) is 60.8 Å². The van der Waals surface area contributed by atoms with Crippen molar-refractivity contribution in [1.82, 2.24) is 0 Å². The molecule has 0 radical (unpaired) electrons. The van der Waals surface area contributed by atoms with E-state index in [1.165, 1.54) is 257 Å². The summed E-state index contributed by atoms with van der Waals surface area (Å²) in [4.78, 5) is 38.0. The van der Waals surface area contributed by atoms with Gasteiger partial charge in [-0.15, -0.1) is 0 Å². The SMILES string of the molecule is CC/C=C\C/C=C\C/C=C\C/C=C\C/C=C\CCCCCCCCCCCCCC(=O)OC(COC(=O)CCCCCCC)COC(=O)CCCCCCCCCCCCCCCCCCCCCCCCCCCCCCCCCCC. The molecule has 0 aromatic heterocycles. The van der Waals surface area contributed by atoms with Crippen molar-refractivity contribution in [2.75, 3.05) is 13.2 Å². The second-order valence-corrected chi connectivity index (χ2v) is 24.8. The fraction of sp³-hybridized carbons (Fsp3) is 0.831. The first kappa shape index (κ1) is 80.1. The number of carbonyl (C=O) groups is 3. The van der Waals surface area contributed by atoms with Crippen LogP contribution in [0.1, 0.15) is 393 Å². The van der Waals surface area contributed by atoms with E-state index in [0.29, 0.717) is 19.3 Å². The first-order valence-electron chi connectivity index (χ1n) is 36.8. The van der Waals surface area contributed by atoms with Crippen LogP contribution in [0.25, 0.3) is 0 Å². The Morgan fingerprint density at radius 1 is 0.253 bits per heavy atom. The van der Waals surface area contributed by atoms with Gasteiger partial charge in [0, 0.05) is 19.3 Å². The number of hydrogen-bond acceptors (Lipinski definition) is 6. The molecular weight excluding hydrogens is 1020 g/mol. The Kier molecular flexibility index (Phi) is 69.1. The average Bonchev–Trinajstić information content (AvgIpc) is 3.49. The number of allylic oxidation sites excluding steroid dienone is 10. The van der Waals surface area contributed by atoms with Gasteiger partial charge in [-0.2, -0.15) is 0 Å². The summed E-state index contributed by atoms with van der Waals surface area (Å²) in [5, 5.41) is 0. The van der Waals surface area contributed by atoms with Crippen LogP contribution in [0.3, 0.4) is 0 Å². The molecule has 0 aromatic rings. The minimum Gasteiger partial charge on any atom is -0.462 e. The smallest absolute Gasteiger partial charge is 0.306 e. The van der Waals surface area contributed by atoms with Gasteiger partial charge in [-0.25, -0.2) is 0 Å². The van der Waals surface area contributed by atoms with E-state index in [4.69, 9.17) is 14.2 Å². The van der Waals surface area contributed by atoms with Gasteiger partial charge in [-0.1, -0.05) is 370 Å². The highest BCUT2D eigenvalue weighted by molar-refractivity contribution is 5.71. The summed E-state index contributed by atoms with van der Waals surface area (Å²) in [6.45, 7) is 6.50. The van der Waals surface area contributed by atoms with Crippen LogP contribution in [-0.4, -0.2) is 37.2 Å². The Labute approximate surface area is 517 Å². The second kappa shape index (κ2) is 71.6. The zero-order valence-corrected chi connectivity index (χ0v) is 55.7. The molecule has 83 heavy (non-hydrogen) atoms. The molecule has 6 heteroatoms. The number of esters is 3. The van der Waals surface area contributed by atoms with E-state index >= 15 is 0 Å². The van der Waals surface area contributed by atoms with Crippen LogP contribution < -0.4 is 0 Å². The molecule has 484 valence electrons. The van der Waals surface area contributed by atoms with Gasteiger partial charge >= 0.3 is 17.9 Å². The molecule has 0 fully saturated rings. The Morgan fingerprint density at radius 3 is 0.735 bits per heavy atom. The van der Waals surface area contributed by atoms with Gasteiger partial charge < -0.3 is 14.2 Å². The fourth-order valence-corrected chi connectivity index (χ4v) is 11.1. The zero-order valence-electron chi connectivity index (χ0n) is 55.7. The first-order chi connectivity index (χ1) is 41.0. The van der Waals surface area contributed by atoms with Crippen molar-refractivity contribution >= 4 is 17.9 Å². The molecule has 0 saturated carbocycles. The minimum absolute atomic E-state index is 0.0711. The third kappa shape index (κ3) is 69.8. The van der Waals surface area contributed by atoms with Crippen LogP contribution >= 0.6 is 0 Å². The topological polar surface area (TPSA) is 78.9 Å². The zero-order chi connectivity index (χ0) is 59.9. The standard InChI is InChI=1S/C77H140O6/c1-4-7-10-13-15-17-19-21-23-25-27-29-31-33-35-36-37-38-39-40-42-43-45-47-49-51-53-55-57-59-61-64-67-70-76(79)82-73-74(72-81-75(78)69-66-63-12-9-6-3)83-77(80)71-68-65-62-60-58-56-54-52-50-48-46-44-41-34-32-30-28-26-24-22-20-18-16-14-11-8-5-2/h8,11,16,18,22,24,28,30,34,41,74H,4-7,9-10,12-15,17,19-21,23,25-27,29,31-33,35-40,42-73H2,1-3H3/b11-8-,18-16-,24-22-,30-28-,41-34-. The molecule has 0 aliphatic heterocycles. The fourth-order valence-electron chi connectivity index (χ4n) is 11.1. The van der Waals surface area contributed by atoms with Crippen molar-refractivity contribution < 1.29 is 28.6 Å². The molecule has 0 N–H and O–H groups in total. The maximum Gasteiger partial charge on any atom is 0.306 e. The molecular formula is C77H140O6. The molecule has 0 aliphatic carbocycles. The van der Waals surface area contributed by atoms with Gasteiger partial charge in [0.05, 0.1) is 0 Å². The normalized spacial score (nSPS) is 12.4. The summed E-state index contributed by atoms with van der Waals surface area (Å²) >= 11 is 0. The molecule has 0 heterocycles. The van der Waals surface area contributed by atoms with Crippen molar-refractivity contribution in [2.45, 2.75) is 399 Å². The number of rotatable bonds is 68. The summed E-state index contributed by atoms with van der Waals surface area (Å²) < 4.78 is 16.8. The molecule has 1 unspecified atom stereocenters. The molecule has 0 rings (SSSR count). The van der Waals surface area contributed by atoms with Crippen LogP contribution in [0, 0.1) is 0 Å². The summed E-state index contributed by atoms with van der Waals surface area (Å²) in [6, 6.07) is 0. The molecule has 1 atom stereocenters. The predicted molar refractivity (Wildman–Crippen MR) is 362 cm³/mol. The summed E-state index contributed by atoms with van der Waals surface area (Å²) in [5.74, 6) is -0.867. The Hall–Kier alpha value is -2.89. The number of carbonyl (C=O) groups excluding carboxylic acids is 3. The number of ether oxygens (including phenoxy) is 3. The molecule has 0 aliphatic rings. The maximum absolute atomic E-state index is 12.9. The highest BCUT2D eigenvalue weighted by Gasteiger charge is 2.19. The Bertz CT molecular complexity index is 1470. The highest BCUT2D eigenvalue weighted by atomic mass is 16.6. The summed E-state index contributed by atoms with van der Waals surface area (Å²) in [6.07, 6.45) is 93.3. The van der Waals surface area contributed by atoms with E-state index < -0.39 is 6.10 Å². The van der Waals surface area contributed by atoms with E-state index in [0.717, 1.165) is 96.3 Å². The maximum atomic E-state index is 12.9. The third-order valence-electron chi connectivity index (χ3n) is 16.5. The second-order valence-electron chi connectivity index (χ2n) is 24.8. The van der Waals surface area contributed by atoms with Crippen LogP contribution in [-0.2, 0) is 28.6 Å². The highest BCUT2D eigenvalue weighted by Crippen LogP contribution is 2.19. The van der Waals surface area contributed by atoms with Gasteiger partial charge in [-0.05, 0) is 64.2 Å². The number of unbranched alkanes of at least 4 members (excludes halogenated alkanes) is 47.